The third-order valence-electron chi connectivity index (χ3n) is 5.45. The third kappa shape index (κ3) is 4.12. The van der Waals surface area contributed by atoms with E-state index >= 15 is 0 Å². The van der Waals surface area contributed by atoms with E-state index in [1.54, 1.807) is 6.07 Å². The van der Waals surface area contributed by atoms with Crippen molar-refractivity contribution < 1.29 is 0 Å². The lowest BCUT2D eigenvalue weighted by atomic mass is 10.1. The zero-order valence-electron chi connectivity index (χ0n) is 16.2. The SMILES string of the molecule is Cc1nc(-c2ccc(Cl)cc2Cl)n(CCN2CCCCC2)c1-c1ccccc1. The first-order valence-corrected chi connectivity index (χ1v) is 10.7. The number of rotatable bonds is 5. The predicted octanol–water partition coefficient (Wildman–Crippen LogP) is 6.32. The van der Waals surface area contributed by atoms with Crippen LogP contribution in [-0.4, -0.2) is 34.1 Å². The number of aryl methyl sites for hydroxylation is 1. The van der Waals surface area contributed by atoms with E-state index in [0.717, 1.165) is 30.2 Å². The van der Waals surface area contributed by atoms with Gasteiger partial charge >= 0.3 is 0 Å². The summed E-state index contributed by atoms with van der Waals surface area (Å²) in [5, 5.41) is 1.27. The zero-order valence-corrected chi connectivity index (χ0v) is 17.7. The Bertz CT molecular complexity index is 944. The Hall–Kier alpha value is -1.81. The van der Waals surface area contributed by atoms with Crippen molar-refractivity contribution in [3.63, 3.8) is 0 Å². The summed E-state index contributed by atoms with van der Waals surface area (Å²) < 4.78 is 2.33. The molecule has 0 N–H and O–H groups in total. The number of benzene rings is 2. The molecule has 3 nitrogen and oxygen atoms in total. The van der Waals surface area contributed by atoms with E-state index in [0.29, 0.717) is 10.0 Å². The van der Waals surface area contributed by atoms with Crippen LogP contribution in [-0.2, 0) is 6.54 Å². The van der Waals surface area contributed by atoms with Crippen LogP contribution in [0.2, 0.25) is 10.0 Å². The van der Waals surface area contributed by atoms with Crippen molar-refractivity contribution in [2.45, 2.75) is 32.7 Å². The quantitative estimate of drug-likeness (QED) is 0.487. The van der Waals surface area contributed by atoms with Gasteiger partial charge in [-0.3, -0.25) is 0 Å². The number of nitrogens with zero attached hydrogens (tertiary/aromatic N) is 3. The van der Waals surface area contributed by atoms with Crippen LogP contribution in [0.25, 0.3) is 22.6 Å². The van der Waals surface area contributed by atoms with Gasteiger partial charge in [-0.25, -0.2) is 4.98 Å². The van der Waals surface area contributed by atoms with Gasteiger partial charge in [-0.2, -0.15) is 0 Å². The molecule has 146 valence electrons. The average molecular weight is 414 g/mol. The summed E-state index contributed by atoms with van der Waals surface area (Å²) in [4.78, 5) is 7.48. The van der Waals surface area contributed by atoms with Crippen LogP contribution in [0.1, 0.15) is 25.0 Å². The molecular weight excluding hydrogens is 389 g/mol. The van der Waals surface area contributed by atoms with Crippen LogP contribution in [0, 0.1) is 6.92 Å². The number of imidazole rings is 1. The lowest BCUT2D eigenvalue weighted by Gasteiger charge is -2.27. The fourth-order valence-electron chi connectivity index (χ4n) is 4.05. The second-order valence-corrected chi connectivity index (χ2v) is 8.26. The molecule has 0 bridgehead atoms. The van der Waals surface area contributed by atoms with Crippen LogP contribution in [0.4, 0.5) is 0 Å². The Morgan fingerprint density at radius 3 is 2.39 bits per heavy atom. The van der Waals surface area contributed by atoms with Gasteiger partial charge in [-0.15, -0.1) is 0 Å². The smallest absolute Gasteiger partial charge is 0.142 e. The standard InChI is InChI=1S/C23H25Cl2N3/c1-17-22(18-8-4-2-5-9-18)28(15-14-27-12-6-3-7-13-27)23(26-17)20-11-10-19(24)16-21(20)25/h2,4-5,8-11,16H,3,6-7,12-15H2,1H3. The van der Waals surface area contributed by atoms with Gasteiger partial charge in [0.2, 0.25) is 0 Å². The van der Waals surface area contributed by atoms with Gasteiger partial charge in [-0.1, -0.05) is 60.0 Å². The molecule has 0 saturated carbocycles. The van der Waals surface area contributed by atoms with E-state index in [2.05, 4.69) is 40.7 Å². The molecule has 0 aliphatic carbocycles. The first-order valence-electron chi connectivity index (χ1n) is 9.94. The Morgan fingerprint density at radius 2 is 1.68 bits per heavy atom. The molecule has 28 heavy (non-hydrogen) atoms. The summed E-state index contributed by atoms with van der Waals surface area (Å²) >= 11 is 12.7. The molecule has 1 saturated heterocycles. The Kier molecular flexibility index (Phi) is 6.05. The number of hydrogen-bond donors (Lipinski definition) is 0. The van der Waals surface area contributed by atoms with Crippen molar-refractivity contribution in [1.29, 1.82) is 0 Å². The number of hydrogen-bond acceptors (Lipinski definition) is 2. The molecule has 2 heterocycles. The first-order chi connectivity index (χ1) is 13.6. The van der Waals surface area contributed by atoms with Gasteiger partial charge in [0.1, 0.15) is 5.82 Å². The fourth-order valence-corrected chi connectivity index (χ4v) is 4.55. The topological polar surface area (TPSA) is 21.1 Å². The molecule has 0 unspecified atom stereocenters. The van der Waals surface area contributed by atoms with Gasteiger partial charge in [0, 0.05) is 29.2 Å². The Labute approximate surface area is 176 Å². The number of halogens is 2. The minimum atomic E-state index is 0.635. The van der Waals surface area contributed by atoms with Crippen molar-refractivity contribution in [3.05, 3.63) is 64.3 Å². The first kappa shape index (κ1) is 19.5. The van der Waals surface area contributed by atoms with E-state index < -0.39 is 0 Å². The van der Waals surface area contributed by atoms with Crippen LogP contribution in [0.5, 0.6) is 0 Å². The van der Waals surface area contributed by atoms with Crippen LogP contribution in [0.15, 0.2) is 48.5 Å². The zero-order chi connectivity index (χ0) is 19.5. The minimum absolute atomic E-state index is 0.635. The molecule has 2 aromatic carbocycles. The highest BCUT2D eigenvalue weighted by Crippen LogP contribution is 2.34. The maximum atomic E-state index is 6.54. The molecule has 5 heteroatoms. The van der Waals surface area contributed by atoms with Crippen LogP contribution < -0.4 is 0 Å². The molecule has 3 aromatic rings. The summed E-state index contributed by atoms with van der Waals surface area (Å²) in [6.45, 7) is 6.36. The Morgan fingerprint density at radius 1 is 0.929 bits per heavy atom. The molecule has 1 aliphatic heterocycles. The van der Waals surface area contributed by atoms with E-state index in [4.69, 9.17) is 28.2 Å². The lowest BCUT2D eigenvalue weighted by Crippen LogP contribution is -2.32. The van der Waals surface area contributed by atoms with E-state index in [1.165, 1.54) is 43.6 Å². The highest BCUT2D eigenvalue weighted by molar-refractivity contribution is 6.36. The number of likely N-dealkylation sites (tertiary alicyclic amines) is 1. The van der Waals surface area contributed by atoms with Gasteiger partial charge in [0.25, 0.3) is 0 Å². The molecular formula is C23H25Cl2N3. The maximum absolute atomic E-state index is 6.54. The van der Waals surface area contributed by atoms with Crippen molar-refractivity contribution in [2.75, 3.05) is 19.6 Å². The molecule has 1 aromatic heterocycles. The lowest BCUT2D eigenvalue weighted by molar-refractivity contribution is 0.221. The van der Waals surface area contributed by atoms with Gasteiger partial charge < -0.3 is 9.47 Å². The second kappa shape index (κ2) is 8.69. The number of piperidine rings is 1. The molecule has 0 spiro atoms. The van der Waals surface area contributed by atoms with E-state index in [-0.39, 0.29) is 0 Å². The normalized spacial score (nSPS) is 15.1. The summed E-state index contributed by atoms with van der Waals surface area (Å²) in [5.74, 6) is 0.912. The highest BCUT2D eigenvalue weighted by Gasteiger charge is 2.20. The number of aromatic nitrogens is 2. The van der Waals surface area contributed by atoms with Gasteiger partial charge in [0.15, 0.2) is 0 Å². The summed E-state index contributed by atoms with van der Waals surface area (Å²) in [5.41, 5.74) is 4.29. The minimum Gasteiger partial charge on any atom is -0.322 e. The van der Waals surface area contributed by atoms with Crippen molar-refractivity contribution in [3.8, 4) is 22.6 Å². The average Bonchev–Trinajstić information content (AvgIpc) is 3.03. The van der Waals surface area contributed by atoms with Gasteiger partial charge in [-0.05, 0) is 51.1 Å². The largest absolute Gasteiger partial charge is 0.322 e. The molecule has 1 aliphatic rings. The van der Waals surface area contributed by atoms with Crippen molar-refractivity contribution in [1.82, 2.24) is 14.5 Å². The second-order valence-electron chi connectivity index (χ2n) is 7.41. The monoisotopic (exact) mass is 413 g/mol. The van der Waals surface area contributed by atoms with E-state index in [1.807, 2.05) is 18.2 Å². The molecule has 4 rings (SSSR count). The summed E-state index contributed by atoms with van der Waals surface area (Å²) in [6.07, 6.45) is 3.94. The highest BCUT2D eigenvalue weighted by atomic mass is 35.5. The fraction of sp³-hybridized carbons (Fsp3) is 0.348. The molecule has 0 atom stereocenters. The molecule has 1 fully saturated rings. The molecule has 0 radical (unpaired) electrons. The maximum Gasteiger partial charge on any atom is 0.142 e. The van der Waals surface area contributed by atoms with Gasteiger partial charge in [0.05, 0.1) is 16.4 Å². The predicted molar refractivity (Wildman–Crippen MR) is 118 cm³/mol. The van der Waals surface area contributed by atoms with E-state index in [9.17, 15) is 0 Å². The van der Waals surface area contributed by atoms with Crippen molar-refractivity contribution >= 4 is 23.2 Å². The van der Waals surface area contributed by atoms with Crippen LogP contribution in [0.3, 0.4) is 0 Å². The summed E-state index contributed by atoms with van der Waals surface area (Å²) in [6, 6.07) is 16.1. The van der Waals surface area contributed by atoms with Crippen molar-refractivity contribution in [2.24, 2.45) is 0 Å². The molecule has 0 amide bonds. The summed E-state index contributed by atoms with van der Waals surface area (Å²) in [7, 11) is 0. The van der Waals surface area contributed by atoms with Crippen LogP contribution >= 0.6 is 23.2 Å². The Balaban J connectivity index is 1.76. The third-order valence-corrected chi connectivity index (χ3v) is 6.00.